The molecule has 0 aromatic rings. The predicted octanol–water partition coefficient (Wildman–Crippen LogP) is 22.4. The minimum absolute atomic E-state index is 0.0115. The van der Waals surface area contributed by atoms with Gasteiger partial charge in [0, 0.05) is 40.6 Å². The number of ether oxygens (including phenoxy) is 7. The summed E-state index contributed by atoms with van der Waals surface area (Å²) in [6.45, 7) is 12.5. The van der Waals surface area contributed by atoms with Crippen LogP contribution in [0.2, 0.25) is 0 Å². The van der Waals surface area contributed by atoms with Gasteiger partial charge >= 0.3 is 0 Å². The van der Waals surface area contributed by atoms with Crippen molar-refractivity contribution in [1.29, 1.82) is 0 Å². The molecule has 0 fully saturated rings. The Kier molecular flexibility index (Phi) is 65.0. The third-order valence-corrected chi connectivity index (χ3v) is 15.1. The maximum Gasteiger partial charge on any atom is 0.179 e. The van der Waals surface area contributed by atoms with Crippen molar-refractivity contribution in [2.45, 2.75) is 374 Å². The minimum atomic E-state index is -0.386. The molecule has 0 N–H and O–H groups in total. The van der Waals surface area contributed by atoms with E-state index >= 15 is 0 Å². The lowest BCUT2D eigenvalue weighted by Crippen LogP contribution is -2.22. The fourth-order valence-corrected chi connectivity index (χ4v) is 10.1. The summed E-state index contributed by atoms with van der Waals surface area (Å²) in [5, 5.41) is 0. The van der Waals surface area contributed by atoms with Crippen LogP contribution in [-0.2, 0) is 33.2 Å². The van der Waals surface area contributed by atoms with E-state index in [9.17, 15) is 0 Å². The summed E-state index contributed by atoms with van der Waals surface area (Å²) < 4.78 is 42.1. The van der Waals surface area contributed by atoms with Gasteiger partial charge in [-0.05, 0) is 89.2 Å². The van der Waals surface area contributed by atoms with Crippen LogP contribution in [0.25, 0.3) is 0 Å². The predicted molar refractivity (Wildman–Crippen MR) is 326 cm³/mol. The van der Waals surface area contributed by atoms with Crippen molar-refractivity contribution < 1.29 is 33.2 Å². The number of rotatable bonds is 66. The summed E-state index contributed by atoms with van der Waals surface area (Å²) in [5.74, 6) is 0. The summed E-state index contributed by atoms with van der Waals surface area (Å²) in [5.41, 5.74) is 0. The van der Waals surface area contributed by atoms with Gasteiger partial charge in [-0.1, -0.05) is 284 Å². The van der Waals surface area contributed by atoms with Gasteiger partial charge in [0.1, 0.15) is 0 Å². The Morgan fingerprint density at radius 3 is 0.707 bits per heavy atom. The Balaban J connectivity index is 3.84. The fraction of sp³-hybridized carbons (Fsp3) is 0.941. The first-order valence-electron chi connectivity index (χ1n) is 33.7. The average molecular weight is 1060 g/mol. The van der Waals surface area contributed by atoms with Crippen LogP contribution in [0, 0.1) is 0 Å². The Bertz CT molecular complexity index is 970. The van der Waals surface area contributed by atoms with Gasteiger partial charge in [0.15, 0.2) is 25.2 Å². The molecule has 0 bridgehead atoms. The van der Waals surface area contributed by atoms with Gasteiger partial charge < -0.3 is 33.2 Å². The minimum Gasteiger partial charge on any atom is -0.353 e. The van der Waals surface area contributed by atoms with Crippen molar-refractivity contribution in [3.05, 3.63) is 24.3 Å². The molecule has 75 heavy (non-hydrogen) atoms. The quantitative estimate of drug-likeness (QED) is 0.0342. The Morgan fingerprint density at radius 2 is 0.467 bits per heavy atom. The van der Waals surface area contributed by atoms with Crippen molar-refractivity contribution in [3.8, 4) is 0 Å². The highest BCUT2D eigenvalue weighted by atomic mass is 16.8. The highest BCUT2D eigenvalue weighted by Crippen LogP contribution is 2.19. The van der Waals surface area contributed by atoms with Crippen LogP contribution in [0.1, 0.15) is 349 Å². The van der Waals surface area contributed by atoms with Crippen molar-refractivity contribution in [3.63, 3.8) is 0 Å². The first kappa shape index (κ1) is 74.2. The maximum atomic E-state index is 6.21. The Morgan fingerprint density at radius 1 is 0.253 bits per heavy atom. The zero-order chi connectivity index (χ0) is 54.3. The fourth-order valence-electron chi connectivity index (χ4n) is 10.1. The van der Waals surface area contributed by atoms with Gasteiger partial charge in [-0.25, -0.2) is 0 Å². The van der Waals surface area contributed by atoms with Gasteiger partial charge in [-0.3, -0.25) is 0 Å². The van der Waals surface area contributed by atoms with E-state index in [4.69, 9.17) is 33.2 Å². The third-order valence-electron chi connectivity index (χ3n) is 15.1. The van der Waals surface area contributed by atoms with Gasteiger partial charge in [0.2, 0.25) is 0 Å². The molecule has 0 saturated heterocycles. The number of hydrogen-bond donors (Lipinski definition) is 0. The lowest BCUT2D eigenvalue weighted by molar-refractivity contribution is -0.188. The molecule has 0 rings (SSSR count). The largest absolute Gasteiger partial charge is 0.353 e. The van der Waals surface area contributed by atoms with Crippen LogP contribution < -0.4 is 0 Å². The Labute approximate surface area is 470 Å². The normalized spacial score (nSPS) is 13.0. The van der Waals surface area contributed by atoms with E-state index < -0.39 is 0 Å². The molecule has 7 nitrogen and oxygen atoms in total. The van der Waals surface area contributed by atoms with Gasteiger partial charge in [0.05, 0.1) is 0 Å². The van der Waals surface area contributed by atoms with Crippen LogP contribution in [0.4, 0.5) is 0 Å². The molecular formula is C68H134O7. The summed E-state index contributed by atoms with van der Waals surface area (Å²) in [6.07, 6.45) is 72.7. The van der Waals surface area contributed by atoms with Gasteiger partial charge in [-0.2, -0.15) is 0 Å². The molecule has 0 saturated carbocycles. The second-order valence-corrected chi connectivity index (χ2v) is 22.5. The number of methoxy groups -OCH3 is 2. The highest BCUT2D eigenvalue weighted by Gasteiger charge is 2.12. The molecular weight excluding hydrogens is 929 g/mol. The molecule has 0 aromatic heterocycles. The third kappa shape index (κ3) is 59.2. The maximum absolute atomic E-state index is 6.21. The molecule has 0 radical (unpaired) electrons. The highest BCUT2D eigenvalue weighted by molar-refractivity contribution is 4.89. The lowest BCUT2D eigenvalue weighted by Gasteiger charge is -2.19. The summed E-state index contributed by atoms with van der Waals surface area (Å²) >= 11 is 0. The second-order valence-electron chi connectivity index (χ2n) is 22.5. The topological polar surface area (TPSA) is 64.6 Å². The van der Waals surface area contributed by atoms with Crippen LogP contribution in [-0.4, -0.2) is 65.8 Å². The summed E-state index contributed by atoms with van der Waals surface area (Å²) in [6, 6.07) is 0. The zero-order valence-electron chi connectivity index (χ0n) is 51.7. The van der Waals surface area contributed by atoms with Crippen LogP contribution in [0.15, 0.2) is 24.3 Å². The molecule has 0 amide bonds. The Hall–Kier alpha value is -0.800. The summed E-state index contributed by atoms with van der Waals surface area (Å²) in [4.78, 5) is 0. The average Bonchev–Trinajstić information content (AvgIpc) is 3.42. The van der Waals surface area contributed by atoms with Crippen LogP contribution >= 0.6 is 0 Å². The van der Waals surface area contributed by atoms with Crippen molar-refractivity contribution in [2.24, 2.45) is 0 Å². The van der Waals surface area contributed by atoms with E-state index in [2.05, 4.69) is 39.8 Å². The van der Waals surface area contributed by atoms with Crippen molar-refractivity contribution in [1.82, 2.24) is 0 Å². The van der Waals surface area contributed by atoms with E-state index in [0.717, 1.165) is 52.1 Å². The number of allylic oxidation sites excluding steroid dienone is 2. The molecule has 7 heteroatoms. The lowest BCUT2D eigenvalue weighted by atomic mass is 10.0. The molecule has 2 atom stereocenters. The number of hydrogen-bond acceptors (Lipinski definition) is 7. The molecule has 2 unspecified atom stereocenters. The van der Waals surface area contributed by atoms with E-state index in [0.29, 0.717) is 0 Å². The monoisotopic (exact) mass is 1060 g/mol. The molecule has 448 valence electrons. The van der Waals surface area contributed by atoms with E-state index in [1.807, 2.05) is 12.2 Å². The molecule has 0 aliphatic heterocycles. The van der Waals surface area contributed by atoms with Crippen LogP contribution in [0.5, 0.6) is 0 Å². The first-order chi connectivity index (χ1) is 37.1. The molecule has 0 spiro atoms. The van der Waals surface area contributed by atoms with Crippen LogP contribution in [0.3, 0.4) is 0 Å². The second kappa shape index (κ2) is 65.7. The molecule has 0 aliphatic rings. The smallest absolute Gasteiger partial charge is 0.179 e. The summed E-state index contributed by atoms with van der Waals surface area (Å²) in [7, 11) is 3.42. The van der Waals surface area contributed by atoms with E-state index in [-0.39, 0.29) is 25.2 Å². The first-order valence-corrected chi connectivity index (χ1v) is 33.7. The molecule has 0 heterocycles. The van der Waals surface area contributed by atoms with E-state index in [1.54, 1.807) is 14.2 Å². The van der Waals surface area contributed by atoms with E-state index in [1.165, 1.54) is 295 Å². The van der Waals surface area contributed by atoms with Crippen molar-refractivity contribution in [2.75, 3.05) is 40.6 Å². The molecule has 0 aliphatic carbocycles. The van der Waals surface area contributed by atoms with Crippen molar-refractivity contribution >= 4 is 0 Å². The van der Waals surface area contributed by atoms with Gasteiger partial charge in [0.25, 0.3) is 0 Å². The standard InChI is InChI=1S/C68H134O7/c1-7-11-15-45-53-61-71-67(72-62-54-46-16-12-8-2)59-51-43-39-35-31-27-23-19-21-25-29-33-37-41-49-57-65(69-5)75-66(70-6)58-50-42-38-34-30-26-22-20-24-28-32-36-40-44-52-60-68(73-63-55-47-17-13-9-3)74-64-56-48-18-14-10-4/h49-50,57-58,65-68H,7-48,51-56,59-64H2,1-6H3. The number of unbranched alkanes of at least 4 members (excludes halogenated alkanes) is 42. The molecule has 0 aromatic carbocycles. The van der Waals surface area contributed by atoms with Gasteiger partial charge in [-0.15, -0.1) is 0 Å². The SMILES string of the molecule is CCCCCCCOC(CCCCCCCCCCCCCCCC=CC(OC)OC(C=CCCCCCCCCCCCCCCCC(OCCCCCCC)OCCCCCCC)OC)OCCCCCCC. The zero-order valence-corrected chi connectivity index (χ0v) is 51.7.